The SMILES string of the molecule is CN=C(NCCN1CCN(Cc2ccccc2)CC1)NCC1(CCO)CCOC1.I. The second kappa shape index (κ2) is 13.5. The summed E-state index contributed by atoms with van der Waals surface area (Å²) in [7, 11) is 1.81. The smallest absolute Gasteiger partial charge is 0.191 e. The highest BCUT2D eigenvalue weighted by molar-refractivity contribution is 14.0. The van der Waals surface area contributed by atoms with Crippen LogP contribution in [0.4, 0.5) is 0 Å². The van der Waals surface area contributed by atoms with E-state index >= 15 is 0 Å². The monoisotopic (exact) mass is 531 g/mol. The van der Waals surface area contributed by atoms with Gasteiger partial charge in [-0.05, 0) is 18.4 Å². The number of nitrogens with one attached hydrogen (secondary N) is 2. The summed E-state index contributed by atoms with van der Waals surface area (Å²) in [6.07, 6.45) is 1.76. The largest absolute Gasteiger partial charge is 0.396 e. The normalized spacial score (nSPS) is 23.2. The Bertz CT molecular complexity index is 617. The molecule has 1 unspecified atom stereocenters. The molecule has 2 fully saturated rings. The fraction of sp³-hybridized carbons (Fsp3) is 0.682. The lowest BCUT2D eigenvalue weighted by atomic mass is 9.84. The quantitative estimate of drug-likeness (QED) is 0.254. The summed E-state index contributed by atoms with van der Waals surface area (Å²) in [5, 5.41) is 16.2. The topological polar surface area (TPSA) is 72.4 Å². The highest BCUT2D eigenvalue weighted by Gasteiger charge is 2.34. The van der Waals surface area contributed by atoms with Crippen LogP contribution in [0.15, 0.2) is 35.3 Å². The minimum absolute atomic E-state index is 0. The van der Waals surface area contributed by atoms with Crippen molar-refractivity contribution in [2.45, 2.75) is 19.4 Å². The van der Waals surface area contributed by atoms with Gasteiger partial charge >= 0.3 is 0 Å². The molecule has 3 N–H and O–H groups in total. The molecule has 7 nitrogen and oxygen atoms in total. The molecule has 0 aliphatic carbocycles. The molecule has 2 aliphatic rings. The predicted octanol–water partition coefficient (Wildman–Crippen LogP) is 1.38. The fourth-order valence-corrected chi connectivity index (χ4v) is 4.15. The van der Waals surface area contributed by atoms with Crippen molar-refractivity contribution in [2.24, 2.45) is 10.4 Å². The number of aliphatic hydroxyl groups is 1. The number of hydrogen-bond donors (Lipinski definition) is 3. The van der Waals surface area contributed by atoms with Crippen molar-refractivity contribution in [3.8, 4) is 0 Å². The minimum atomic E-state index is 0. The van der Waals surface area contributed by atoms with Gasteiger partial charge in [-0.1, -0.05) is 30.3 Å². The average Bonchev–Trinajstić information content (AvgIpc) is 3.21. The number of halogens is 1. The Labute approximate surface area is 198 Å². The van der Waals surface area contributed by atoms with Crippen molar-refractivity contribution < 1.29 is 9.84 Å². The summed E-state index contributed by atoms with van der Waals surface area (Å²) >= 11 is 0. The molecule has 2 heterocycles. The van der Waals surface area contributed by atoms with E-state index in [4.69, 9.17) is 4.74 Å². The molecule has 2 aliphatic heterocycles. The van der Waals surface area contributed by atoms with Gasteiger partial charge in [0.15, 0.2) is 5.96 Å². The molecule has 3 rings (SSSR count). The van der Waals surface area contributed by atoms with Crippen LogP contribution in [0.2, 0.25) is 0 Å². The van der Waals surface area contributed by atoms with Gasteiger partial charge in [-0.25, -0.2) is 0 Å². The van der Waals surface area contributed by atoms with Crippen molar-refractivity contribution in [3.63, 3.8) is 0 Å². The maximum absolute atomic E-state index is 9.36. The van der Waals surface area contributed by atoms with E-state index in [0.717, 1.165) is 77.8 Å². The Morgan fingerprint density at radius 2 is 1.87 bits per heavy atom. The third-order valence-electron chi connectivity index (χ3n) is 6.12. The Morgan fingerprint density at radius 3 is 2.50 bits per heavy atom. The minimum Gasteiger partial charge on any atom is -0.396 e. The van der Waals surface area contributed by atoms with Gasteiger partial charge in [-0.2, -0.15) is 0 Å². The van der Waals surface area contributed by atoms with Crippen LogP contribution >= 0.6 is 24.0 Å². The first-order chi connectivity index (χ1) is 14.2. The third kappa shape index (κ3) is 7.96. The number of rotatable bonds is 9. The number of piperazine rings is 1. The maximum atomic E-state index is 9.36. The maximum Gasteiger partial charge on any atom is 0.191 e. The highest BCUT2D eigenvalue weighted by Crippen LogP contribution is 2.31. The van der Waals surface area contributed by atoms with Crippen molar-refractivity contribution in [2.75, 3.05) is 72.7 Å². The number of ether oxygens (including phenoxy) is 1. The van der Waals surface area contributed by atoms with E-state index < -0.39 is 0 Å². The molecule has 0 aromatic heterocycles. The molecule has 1 aromatic rings. The van der Waals surface area contributed by atoms with Crippen LogP contribution in [0.25, 0.3) is 0 Å². The second-order valence-corrected chi connectivity index (χ2v) is 8.23. The first-order valence-corrected chi connectivity index (χ1v) is 10.8. The van der Waals surface area contributed by atoms with Crippen LogP contribution < -0.4 is 10.6 Å². The zero-order chi connectivity index (χ0) is 20.4. The summed E-state index contributed by atoms with van der Waals surface area (Å²) in [6.45, 7) is 9.87. The fourth-order valence-electron chi connectivity index (χ4n) is 4.15. The van der Waals surface area contributed by atoms with Gasteiger partial charge in [0.2, 0.25) is 0 Å². The lowest BCUT2D eigenvalue weighted by molar-refractivity contribution is 0.127. The van der Waals surface area contributed by atoms with Gasteiger partial charge in [0.1, 0.15) is 0 Å². The Kier molecular flexibility index (Phi) is 11.4. The van der Waals surface area contributed by atoms with E-state index in [9.17, 15) is 5.11 Å². The molecule has 30 heavy (non-hydrogen) atoms. The van der Waals surface area contributed by atoms with E-state index in [-0.39, 0.29) is 36.0 Å². The summed E-state index contributed by atoms with van der Waals surface area (Å²) in [5.41, 5.74) is 1.42. The number of aliphatic imine (C=N–C) groups is 1. The zero-order valence-electron chi connectivity index (χ0n) is 18.2. The van der Waals surface area contributed by atoms with Gasteiger partial charge in [0.25, 0.3) is 0 Å². The van der Waals surface area contributed by atoms with Gasteiger partial charge < -0.3 is 20.5 Å². The number of aliphatic hydroxyl groups excluding tert-OH is 1. The Balaban J connectivity index is 0.00000320. The van der Waals surface area contributed by atoms with Crippen LogP contribution in [-0.4, -0.2) is 93.5 Å². The van der Waals surface area contributed by atoms with E-state index in [0.29, 0.717) is 6.61 Å². The van der Waals surface area contributed by atoms with Crippen molar-refractivity contribution in [1.82, 2.24) is 20.4 Å². The van der Waals surface area contributed by atoms with Crippen LogP contribution in [0, 0.1) is 5.41 Å². The van der Waals surface area contributed by atoms with Crippen LogP contribution in [-0.2, 0) is 11.3 Å². The van der Waals surface area contributed by atoms with Gasteiger partial charge in [-0.15, -0.1) is 24.0 Å². The first kappa shape index (κ1) is 25.3. The Hall–Kier alpha value is -0.940. The average molecular weight is 531 g/mol. The van der Waals surface area contributed by atoms with Crippen LogP contribution in [0.5, 0.6) is 0 Å². The molecule has 1 atom stereocenters. The molecular formula is C22H38IN5O2. The van der Waals surface area contributed by atoms with Gasteiger partial charge in [-0.3, -0.25) is 14.8 Å². The lowest BCUT2D eigenvalue weighted by Gasteiger charge is -2.35. The molecule has 0 bridgehead atoms. The number of hydrogen-bond acceptors (Lipinski definition) is 5. The van der Waals surface area contributed by atoms with Gasteiger partial charge in [0.05, 0.1) is 6.61 Å². The molecule has 8 heteroatoms. The summed E-state index contributed by atoms with van der Waals surface area (Å²) < 4.78 is 5.56. The summed E-state index contributed by atoms with van der Waals surface area (Å²) in [6, 6.07) is 10.7. The molecule has 0 amide bonds. The molecule has 170 valence electrons. The summed E-state index contributed by atoms with van der Waals surface area (Å²) in [5.74, 6) is 0.830. The molecule has 1 aromatic carbocycles. The number of guanidine groups is 1. The van der Waals surface area contributed by atoms with Crippen molar-refractivity contribution in [3.05, 3.63) is 35.9 Å². The van der Waals surface area contributed by atoms with Crippen molar-refractivity contribution >= 4 is 29.9 Å². The van der Waals surface area contributed by atoms with E-state index in [1.54, 1.807) is 0 Å². The van der Waals surface area contributed by atoms with Crippen LogP contribution in [0.3, 0.4) is 0 Å². The van der Waals surface area contributed by atoms with Gasteiger partial charge in [0, 0.05) is 78.0 Å². The Morgan fingerprint density at radius 1 is 1.13 bits per heavy atom. The van der Waals surface area contributed by atoms with E-state index in [1.807, 2.05) is 7.05 Å². The standard InChI is InChI=1S/C22H37N5O2.HI/c1-23-21(25-18-22(7-15-28)8-16-29-19-22)24-9-10-26-11-13-27(14-12-26)17-20-5-3-2-4-6-20;/h2-6,28H,7-19H2,1H3,(H2,23,24,25);1H. The third-order valence-corrected chi connectivity index (χ3v) is 6.12. The molecular weight excluding hydrogens is 493 g/mol. The van der Waals surface area contributed by atoms with Crippen LogP contribution in [0.1, 0.15) is 18.4 Å². The molecule has 0 spiro atoms. The lowest BCUT2D eigenvalue weighted by Crippen LogP contribution is -2.49. The zero-order valence-corrected chi connectivity index (χ0v) is 20.5. The first-order valence-electron chi connectivity index (χ1n) is 10.8. The number of nitrogens with zero attached hydrogens (tertiary/aromatic N) is 3. The molecule has 0 saturated carbocycles. The highest BCUT2D eigenvalue weighted by atomic mass is 127. The summed E-state index contributed by atoms with van der Waals surface area (Å²) in [4.78, 5) is 9.39. The van der Waals surface area contributed by atoms with E-state index in [1.165, 1.54) is 5.56 Å². The molecule has 0 radical (unpaired) electrons. The second-order valence-electron chi connectivity index (χ2n) is 8.23. The molecule has 2 saturated heterocycles. The predicted molar refractivity (Wildman–Crippen MR) is 133 cm³/mol. The number of benzene rings is 1. The van der Waals surface area contributed by atoms with E-state index in [2.05, 4.69) is 55.8 Å². The van der Waals surface area contributed by atoms with Crippen molar-refractivity contribution in [1.29, 1.82) is 0 Å².